The van der Waals surface area contributed by atoms with Gasteiger partial charge < -0.3 is 9.53 Å². The van der Waals surface area contributed by atoms with E-state index in [2.05, 4.69) is 17.9 Å². The van der Waals surface area contributed by atoms with Crippen molar-refractivity contribution in [1.29, 1.82) is 0 Å². The summed E-state index contributed by atoms with van der Waals surface area (Å²) in [7, 11) is 0. The maximum absolute atomic E-state index is 11.2. The Hall–Kier alpha value is -1.82. The predicted octanol–water partition coefficient (Wildman–Crippen LogP) is 3.59. The SMILES string of the molecule is CC#CCC(=O)OC/C=C(\C)CC/C=C(\C)CCC=O. The van der Waals surface area contributed by atoms with E-state index in [1.165, 1.54) is 11.1 Å². The van der Waals surface area contributed by atoms with E-state index in [4.69, 9.17) is 4.74 Å². The minimum Gasteiger partial charge on any atom is -0.461 e. The van der Waals surface area contributed by atoms with Crippen LogP contribution in [0.5, 0.6) is 0 Å². The minimum absolute atomic E-state index is 0.155. The Morgan fingerprint density at radius 1 is 1.10 bits per heavy atom. The van der Waals surface area contributed by atoms with Crippen molar-refractivity contribution in [3.8, 4) is 11.8 Å². The maximum atomic E-state index is 11.2. The normalized spacial score (nSPS) is 11.6. The molecule has 0 aromatic carbocycles. The number of carbonyl (C=O) groups is 2. The molecule has 0 bridgehead atoms. The zero-order chi connectivity index (χ0) is 15.2. The van der Waals surface area contributed by atoms with Crippen LogP contribution in [-0.4, -0.2) is 18.9 Å². The van der Waals surface area contributed by atoms with Crippen LogP contribution < -0.4 is 0 Å². The van der Waals surface area contributed by atoms with Crippen molar-refractivity contribution in [2.24, 2.45) is 0 Å². The van der Waals surface area contributed by atoms with E-state index in [1.54, 1.807) is 6.92 Å². The number of ether oxygens (including phenoxy) is 1. The number of hydrogen-bond donors (Lipinski definition) is 0. The highest BCUT2D eigenvalue weighted by Crippen LogP contribution is 2.09. The van der Waals surface area contributed by atoms with E-state index >= 15 is 0 Å². The lowest BCUT2D eigenvalue weighted by molar-refractivity contribution is -0.141. The molecule has 0 spiro atoms. The molecule has 20 heavy (non-hydrogen) atoms. The van der Waals surface area contributed by atoms with Gasteiger partial charge in [-0.05, 0) is 46.1 Å². The Bertz CT molecular complexity index is 419. The van der Waals surface area contributed by atoms with Gasteiger partial charge in [0.1, 0.15) is 19.3 Å². The van der Waals surface area contributed by atoms with Gasteiger partial charge in [-0.3, -0.25) is 4.79 Å². The first-order valence-electron chi connectivity index (χ1n) is 6.90. The van der Waals surface area contributed by atoms with Crippen molar-refractivity contribution in [2.75, 3.05) is 6.61 Å². The molecule has 0 saturated carbocycles. The highest BCUT2D eigenvalue weighted by Gasteiger charge is 1.98. The third-order valence-corrected chi connectivity index (χ3v) is 2.77. The molecule has 0 N–H and O–H groups in total. The van der Waals surface area contributed by atoms with Crippen LogP contribution in [0.1, 0.15) is 52.9 Å². The van der Waals surface area contributed by atoms with Gasteiger partial charge in [0.25, 0.3) is 0 Å². The lowest BCUT2D eigenvalue weighted by Crippen LogP contribution is -2.03. The van der Waals surface area contributed by atoms with E-state index < -0.39 is 0 Å². The Morgan fingerprint density at radius 2 is 1.75 bits per heavy atom. The Morgan fingerprint density at radius 3 is 2.40 bits per heavy atom. The summed E-state index contributed by atoms with van der Waals surface area (Å²) in [4.78, 5) is 21.4. The fourth-order valence-electron chi connectivity index (χ4n) is 1.53. The molecule has 3 heteroatoms. The van der Waals surface area contributed by atoms with Gasteiger partial charge in [0, 0.05) is 6.42 Å². The van der Waals surface area contributed by atoms with Crippen molar-refractivity contribution in [3.63, 3.8) is 0 Å². The summed E-state index contributed by atoms with van der Waals surface area (Å²) >= 11 is 0. The fourth-order valence-corrected chi connectivity index (χ4v) is 1.53. The lowest BCUT2D eigenvalue weighted by Gasteiger charge is -2.02. The molecular formula is C17H24O3. The highest BCUT2D eigenvalue weighted by molar-refractivity contribution is 5.72. The van der Waals surface area contributed by atoms with Crippen molar-refractivity contribution in [2.45, 2.75) is 52.9 Å². The largest absolute Gasteiger partial charge is 0.461 e. The quantitative estimate of drug-likeness (QED) is 0.280. The average Bonchev–Trinajstić information content (AvgIpc) is 2.42. The van der Waals surface area contributed by atoms with Gasteiger partial charge in [-0.15, -0.1) is 5.92 Å². The number of esters is 1. The summed E-state index contributed by atoms with van der Waals surface area (Å²) in [5.74, 6) is 5.04. The molecular weight excluding hydrogens is 252 g/mol. The first-order valence-corrected chi connectivity index (χ1v) is 6.90. The summed E-state index contributed by atoms with van der Waals surface area (Å²) in [5, 5.41) is 0. The molecule has 0 aliphatic rings. The summed E-state index contributed by atoms with van der Waals surface area (Å²) in [6.45, 7) is 6.07. The number of carbonyl (C=O) groups excluding carboxylic acids is 2. The standard InChI is InChI=1S/C17H24O3/c1-4-5-11-17(19)20-14-12-16(3)9-6-8-15(2)10-7-13-18/h8,12-13H,6-7,9-11,14H2,1-3H3/b15-8+,16-12+. The van der Waals surface area contributed by atoms with Crippen molar-refractivity contribution >= 4 is 12.3 Å². The molecule has 0 fully saturated rings. The molecule has 0 aromatic heterocycles. The van der Waals surface area contributed by atoms with Crippen LogP contribution in [0.25, 0.3) is 0 Å². The predicted molar refractivity (Wildman–Crippen MR) is 81.1 cm³/mol. The van der Waals surface area contributed by atoms with Gasteiger partial charge in [0.05, 0.1) is 0 Å². The summed E-state index contributed by atoms with van der Waals surface area (Å²) in [5.41, 5.74) is 2.44. The second kappa shape index (κ2) is 12.2. The second-order valence-electron chi connectivity index (χ2n) is 4.63. The number of hydrogen-bond acceptors (Lipinski definition) is 3. The van der Waals surface area contributed by atoms with Gasteiger partial charge >= 0.3 is 5.97 Å². The van der Waals surface area contributed by atoms with Crippen LogP contribution >= 0.6 is 0 Å². The summed E-state index contributed by atoms with van der Waals surface area (Å²) < 4.78 is 5.02. The van der Waals surface area contributed by atoms with Crippen LogP contribution in [0.3, 0.4) is 0 Å². The van der Waals surface area contributed by atoms with Crippen molar-refractivity contribution < 1.29 is 14.3 Å². The monoisotopic (exact) mass is 276 g/mol. The van der Waals surface area contributed by atoms with E-state index in [0.717, 1.165) is 25.5 Å². The van der Waals surface area contributed by atoms with Crippen LogP contribution in [0.4, 0.5) is 0 Å². The lowest BCUT2D eigenvalue weighted by atomic mass is 10.1. The van der Waals surface area contributed by atoms with E-state index in [1.807, 2.05) is 19.9 Å². The molecule has 0 aliphatic carbocycles. The Labute approximate surface area is 122 Å². The average molecular weight is 276 g/mol. The zero-order valence-corrected chi connectivity index (χ0v) is 12.7. The molecule has 3 nitrogen and oxygen atoms in total. The van der Waals surface area contributed by atoms with Gasteiger partial charge in [-0.25, -0.2) is 0 Å². The third-order valence-electron chi connectivity index (χ3n) is 2.77. The van der Waals surface area contributed by atoms with E-state index in [0.29, 0.717) is 13.0 Å². The van der Waals surface area contributed by atoms with E-state index in [-0.39, 0.29) is 12.4 Å². The highest BCUT2D eigenvalue weighted by atomic mass is 16.5. The van der Waals surface area contributed by atoms with Crippen molar-refractivity contribution in [3.05, 3.63) is 23.3 Å². The van der Waals surface area contributed by atoms with Gasteiger partial charge in [-0.1, -0.05) is 23.1 Å². The molecule has 0 aliphatic heterocycles. The van der Waals surface area contributed by atoms with Gasteiger partial charge in [-0.2, -0.15) is 0 Å². The number of allylic oxidation sites excluding steroid dienone is 3. The smallest absolute Gasteiger partial charge is 0.318 e. The van der Waals surface area contributed by atoms with Gasteiger partial charge in [0.15, 0.2) is 0 Å². The van der Waals surface area contributed by atoms with Gasteiger partial charge in [0.2, 0.25) is 0 Å². The molecule has 0 atom stereocenters. The first-order chi connectivity index (χ1) is 9.60. The molecule has 0 radical (unpaired) electrons. The number of rotatable bonds is 9. The summed E-state index contributed by atoms with van der Waals surface area (Å²) in [6, 6.07) is 0. The van der Waals surface area contributed by atoms with Crippen LogP contribution in [0.2, 0.25) is 0 Å². The molecule has 0 rings (SSSR count). The zero-order valence-electron chi connectivity index (χ0n) is 12.7. The molecule has 110 valence electrons. The molecule has 0 aromatic rings. The molecule has 0 heterocycles. The first kappa shape index (κ1) is 18.2. The Balaban J connectivity index is 3.87. The maximum Gasteiger partial charge on any atom is 0.318 e. The minimum atomic E-state index is -0.284. The third kappa shape index (κ3) is 11.3. The molecule has 0 unspecified atom stereocenters. The molecule has 0 amide bonds. The molecule has 0 saturated heterocycles. The van der Waals surface area contributed by atoms with E-state index in [9.17, 15) is 9.59 Å². The summed E-state index contributed by atoms with van der Waals surface area (Å²) in [6.07, 6.45) is 8.49. The number of aldehydes is 1. The van der Waals surface area contributed by atoms with Crippen LogP contribution in [0, 0.1) is 11.8 Å². The van der Waals surface area contributed by atoms with Crippen LogP contribution in [-0.2, 0) is 14.3 Å². The fraction of sp³-hybridized carbons (Fsp3) is 0.529. The second-order valence-corrected chi connectivity index (χ2v) is 4.63. The van der Waals surface area contributed by atoms with Crippen molar-refractivity contribution in [1.82, 2.24) is 0 Å². The van der Waals surface area contributed by atoms with Crippen LogP contribution in [0.15, 0.2) is 23.3 Å². The topological polar surface area (TPSA) is 43.4 Å². The Kier molecular flexibility index (Phi) is 11.1.